The Hall–Kier alpha value is -2.40. The van der Waals surface area contributed by atoms with E-state index in [9.17, 15) is 4.79 Å². The Balaban J connectivity index is 1.61. The highest BCUT2D eigenvalue weighted by atomic mass is 79.9. The number of fused-ring (bicyclic) bond motifs is 2. The highest BCUT2D eigenvalue weighted by molar-refractivity contribution is 9.10. The predicted octanol–water partition coefficient (Wildman–Crippen LogP) is 4.25. The van der Waals surface area contributed by atoms with E-state index in [1.54, 1.807) is 6.07 Å². The molecule has 4 nitrogen and oxygen atoms in total. The smallest absolute Gasteiger partial charge is 0.270 e. The summed E-state index contributed by atoms with van der Waals surface area (Å²) in [5.74, 6) is 0.653. The zero-order chi connectivity index (χ0) is 16.5. The van der Waals surface area contributed by atoms with Crippen molar-refractivity contribution in [2.75, 3.05) is 6.61 Å². The zero-order valence-corrected chi connectivity index (χ0v) is 14.4. The van der Waals surface area contributed by atoms with Crippen molar-refractivity contribution < 1.29 is 9.53 Å². The summed E-state index contributed by atoms with van der Waals surface area (Å²) in [5.41, 5.74) is 2.24. The van der Waals surface area contributed by atoms with Gasteiger partial charge in [0.25, 0.3) is 5.91 Å². The van der Waals surface area contributed by atoms with Gasteiger partial charge in [-0.25, -0.2) is 4.98 Å². The second kappa shape index (κ2) is 6.24. The van der Waals surface area contributed by atoms with Gasteiger partial charge in [-0.2, -0.15) is 0 Å². The number of nitrogens with zero attached hydrogens (tertiary/aromatic N) is 1. The predicted molar refractivity (Wildman–Crippen MR) is 96.2 cm³/mol. The third-order valence-electron chi connectivity index (χ3n) is 4.15. The van der Waals surface area contributed by atoms with Crippen LogP contribution in [0.3, 0.4) is 0 Å². The summed E-state index contributed by atoms with van der Waals surface area (Å²) < 4.78 is 6.63. The molecule has 1 atom stereocenters. The van der Waals surface area contributed by atoms with Gasteiger partial charge in [0.15, 0.2) is 0 Å². The van der Waals surface area contributed by atoms with E-state index in [1.807, 2.05) is 48.5 Å². The lowest BCUT2D eigenvalue weighted by Gasteiger charge is -2.26. The van der Waals surface area contributed by atoms with Crippen LogP contribution in [0.2, 0.25) is 0 Å². The Morgan fingerprint density at radius 3 is 2.96 bits per heavy atom. The average Bonchev–Trinajstić information content (AvgIpc) is 2.62. The molecule has 0 saturated carbocycles. The topological polar surface area (TPSA) is 51.2 Å². The first-order valence-corrected chi connectivity index (χ1v) is 8.59. The molecule has 1 aliphatic rings. The van der Waals surface area contributed by atoms with Crippen molar-refractivity contribution in [1.82, 2.24) is 10.3 Å². The minimum absolute atomic E-state index is 0.0768. The number of rotatable bonds is 2. The highest BCUT2D eigenvalue weighted by Crippen LogP contribution is 2.34. The normalized spacial score (nSPS) is 16.3. The molecule has 0 saturated heterocycles. The third kappa shape index (κ3) is 2.87. The maximum Gasteiger partial charge on any atom is 0.270 e. The van der Waals surface area contributed by atoms with Gasteiger partial charge in [0.1, 0.15) is 11.4 Å². The molecule has 24 heavy (non-hydrogen) atoms. The fourth-order valence-corrected chi connectivity index (χ4v) is 3.32. The molecule has 0 fully saturated rings. The number of nitrogens with one attached hydrogen (secondary N) is 1. The van der Waals surface area contributed by atoms with E-state index in [0.717, 1.165) is 33.1 Å². The van der Waals surface area contributed by atoms with Crippen LogP contribution in [0.1, 0.15) is 28.5 Å². The molecule has 1 unspecified atom stereocenters. The number of carbonyl (C=O) groups is 1. The van der Waals surface area contributed by atoms with Crippen LogP contribution < -0.4 is 10.1 Å². The second-order valence-electron chi connectivity index (χ2n) is 5.73. The molecule has 0 bridgehead atoms. The molecular formula is C19H15BrN2O2. The van der Waals surface area contributed by atoms with Crippen molar-refractivity contribution in [3.8, 4) is 5.75 Å². The summed E-state index contributed by atoms with van der Waals surface area (Å²) in [5, 5.41) is 4.10. The van der Waals surface area contributed by atoms with Gasteiger partial charge < -0.3 is 10.1 Å². The Morgan fingerprint density at radius 1 is 1.17 bits per heavy atom. The van der Waals surface area contributed by atoms with E-state index >= 15 is 0 Å². The summed E-state index contributed by atoms with van der Waals surface area (Å²) in [4.78, 5) is 17.1. The van der Waals surface area contributed by atoms with Gasteiger partial charge in [-0.3, -0.25) is 4.79 Å². The molecule has 1 amide bonds. The number of aromatic nitrogens is 1. The monoisotopic (exact) mass is 382 g/mol. The lowest BCUT2D eigenvalue weighted by molar-refractivity contribution is 0.0920. The van der Waals surface area contributed by atoms with E-state index in [2.05, 4.69) is 26.2 Å². The molecule has 0 aliphatic carbocycles. The van der Waals surface area contributed by atoms with E-state index in [4.69, 9.17) is 4.74 Å². The minimum atomic E-state index is -0.168. The summed E-state index contributed by atoms with van der Waals surface area (Å²) in [6.07, 6.45) is 0.739. The molecule has 1 aliphatic heterocycles. The van der Waals surface area contributed by atoms with Crippen molar-refractivity contribution in [2.45, 2.75) is 12.5 Å². The van der Waals surface area contributed by atoms with Crippen LogP contribution in [0, 0.1) is 0 Å². The summed E-state index contributed by atoms with van der Waals surface area (Å²) in [6, 6.07) is 17.2. The largest absolute Gasteiger partial charge is 0.493 e. The maximum absolute atomic E-state index is 12.6. The first kappa shape index (κ1) is 15.1. The van der Waals surface area contributed by atoms with Crippen LogP contribution in [-0.4, -0.2) is 17.5 Å². The van der Waals surface area contributed by atoms with Gasteiger partial charge in [-0.05, 0) is 30.3 Å². The molecule has 120 valence electrons. The molecule has 4 rings (SSSR count). The van der Waals surface area contributed by atoms with Gasteiger partial charge in [0, 0.05) is 21.8 Å². The van der Waals surface area contributed by atoms with Crippen LogP contribution in [0.25, 0.3) is 10.9 Å². The van der Waals surface area contributed by atoms with Crippen molar-refractivity contribution in [3.05, 3.63) is 70.3 Å². The van der Waals surface area contributed by atoms with Crippen LogP contribution >= 0.6 is 15.9 Å². The number of benzene rings is 2. The minimum Gasteiger partial charge on any atom is -0.493 e. The van der Waals surface area contributed by atoms with Crippen LogP contribution in [0.4, 0.5) is 0 Å². The van der Waals surface area contributed by atoms with Crippen LogP contribution in [0.15, 0.2) is 59.1 Å². The molecule has 5 heteroatoms. The SMILES string of the molecule is O=C(NC1CCOc2ccc(Br)cc21)c1ccc2ccccc2n1. The Bertz CT molecular complexity index is 926. The number of hydrogen-bond acceptors (Lipinski definition) is 3. The number of pyridine rings is 1. The Labute approximate surface area is 148 Å². The molecule has 1 N–H and O–H groups in total. The van der Waals surface area contributed by atoms with E-state index in [1.165, 1.54) is 0 Å². The lowest BCUT2D eigenvalue weighted by Crippen LogP contribution is -2.32. The Kier molecular flexibility index (Phi) is 3.94. The van der Waals surface area contributed by atoms with Crippen molar-refractivity contribution >= 4 is 32.7 Å². The fraction of sp³-hybridized carbons (Fsp3) is 0.158. The first-order chi connectivity index (χ1) is 11.7. The molecule has 2 aromatic carbocycles. The van der Waals surface area contributed by atoms with Gasteiger partial charge in [0.2, 0.25) is 0 Å². The first-order valence-electron chi connectivity index (χ1n) is 7.79. The number of amides is 1. The standard InChI is InChI=1S/C19H15BrN2O2/c20-13-6-8-18-14(11-13)16(9-10-24-18)22-19(23)17-7-5-12-3-1-2-4-15(12)21-17/h1-8,11,16H,9-10H2,(H,22,23). The second-order valence-corrected chi connectivity index (χ2v) is 6.65. The van der Waals surface area contributed by atoms with Gasteiger partial charge in [0.05, 0.1) is 18.2 Å². The number of carbonyl (C=O) groups excluding carboxylic acids is 1. The summed E-state index contributed by atoms with van der Waals surface area (Å²) in [7, 11) is 0. The van der Waals surface area contributed by atoms with E-state index in [-0.39, 0.29) is 11.9 Å². The van der Waals surface area contributed by atoms with Crippen LogP contribution in [0.5, 0.6) is 5.75 Å². The van der Waals surface area contributed by atoms with E-state index < -0.39 is 0 Å². The highest BCUT2D eigenvalue weighted by Gasteiger charge is 2.24. The maximum atomic E-state index is 12.6. The van der Waals surface area contributed by atoms with Gasteiger partial charge >= 0.3 is 0 Å². The van der Waals surface area contributed by atoms with Gasteiger partial charge in [-0.1, -0.05) is 40.2 Å². The summed E-state index contributed by atoms with van der Waals surface area (Å²) >= 11 is 3.48. The number of ether oxygens (including phenoxy) is 1. The molecular weight excluding hydrogens is 368 g/mol. The number of halogens is 1. The quantitative estimate of drug-likeness (QED) is 0.720. The van der Waals surface area contributed by atoms with Gasteiger partial charge in [-0.15, -0.1) is 0 Å². The average molecular weight is 383 g/mol. The fourth-order valence-electron chi connectivity index (χ4n) is 2.94. The molecule has 2 heterocycles. The summed E-state index contributed by atoms with van der Waals surface area (Å²) in [6.45, 7) is 0.588. The molecule has 3 aromatic rings. The third-order valence-corrected chi connectivity index (χ3v) is 4.64. The number of hydrogen-bond donors (Lipinski definition) is 1. The van der Waals surface area contributed by atoms with Crippen LogP contribution in [-0.2, 0) is 0 Å². The molecule has 1 aromatic heterocycles. The van der Waals surface area contributed by atoms with Crippen molar-refractivity contribution in [1.29, 1.82) is 0 Å². The van der Waals surface area contributed by atoms with Crippen molar-refractivity contribution in [3.63, 3.8) is 0 Å². The van der Waals surface area contributed by atoms with Crippen molar-refractivity contribution in [2.24, 2.45) is 0 Å². The molecule has 0 spiro atoms. The lowest BCUT2D eigenvalue weighted by atomic mass is 10.0. The zero-order valence-electron chi connectivity index (χ0n) is 12.8. The molecule has 0 radical (unpaired) electrons. The van der Waals surface area contributed by atoms with E-state index in [0.29, 0.717) is 12.3 Å². The Morgan fingerprint density at radius 2 is 2.04 bits per heavy atom. The number of para-hydroxylation sites is 1.